The van der Waals surface area contributed by atoms with Crippen LogP contribution in [0.1, 0.15) is 39.0 Å². The van der Waals surface area contributed by atoms with Gasteiger partial charge in [0.1, 0.15) is 5.88 Å². The van der Waals surface area contributed by atoms with Gasteiger partial charge in [-0.15, -0.1) is 11.6 Å². The number of imide groups is 1. The van der Waals surface area contributed by atoms with Gasteiger partial charge in [-0.3, -0.25) is 10.1 Å². The summed E-state index contributed by atoms with van der Waals surface area (Å²) in [6.07, 6.45) is 5.65. The van der Waals surface area contributed by atoms with Crippen LogP contribution in [-0.2, 0) is 4.79 Å². The van der Waals surface area contributed by atoms with Crippen molar-refractivity contribution in [2.24, 2.45) is 0 Å². The number of amides is 3. The Morgan fingerprint density at radius 1 is 1.31 bits per heavy atom. The van der Waals surface area contributed by atoms with Gasteiger partial charge in [0, 0.05) is 12.6 Å². The van der Waals surface area contributed by atoms with Crippen LogP contribution in [0, 0.1) is 0 Å². The molecular weight excluding hydrogens is 228 g/mol. The molecule has 5 heteroatoms. The van der Waals surface area contributed by atoms with Gasteiger partial charge in [0.05, 0.1) is 0 Å². The molecule has 0 atom stereocenters. The Kier molecular flexibility index (Phi) is 5.60. The minimum atomic E-state index is -0.430. The van der Waals surface area contributed by atoms with E-state index in [1.807, 2.05) is 6.92 Å². The van der Waals surface area contributed by atoms with Crippen molar-refractivity contribution in [3.63, 3.8) is 0 Å². The molecule has 0 spiro atoms. The summed E-state index contributed by atoms with van der Waals surface area (Å²) < 4.78 is 0. The van der Waals surface area contributed by atoms with Gasteiger partial charge in [-0.05, 0) is 19.8 Å². The number of nitrogens with zero attached hydrogens (tertiary/aromatic N) is 1. The lowest BCUT2D eigenvalue weighted by Gasteiger charge is -2.33. The van der Waals surface area contributed by atoms with Gasteiger partial charge in [-0.2, -0.15) is 0 Å². The molecule has 1 aliphatic carbocycles. The number of carbonyl (C=O) groups is 2. The quantitative estimate of drug-likeness (QED) is 0.776. The molecule has 0 aliphatic heterocycles. The molecule has 0 bridgehead atoms. The molecule has 16 heavy (non-hydrogen) atoms. The molecule has 4 nitrogen and oxygen atoms in total. The van der Waals surface area contributed by atoms with Crippen molar-refractivity contribution in [2.45, 2.75) is 45.1 Å². The van der Waals surface area contributed by atoms with Crippen molar-refractivity contribution < 1.29 is 9.59 Å². The summed E-state index contributed by atoms with van der Waals surface area (Å²) in [4.78, 5) is 24.6. The Bertz CT molecular complexity index is 252. The van der Waals surface area contributed by atoms with Crippen LogP contribution in [0.3, 0.4) is 0 Å². The van der Waals surface area contributed by atoms with Crippen LogP contribution < -0.4 is 5.32 Å². The second-order valence-electron chi connectivity index (χ2n) is 4.06. The number of halogens is 1. The first-order chi connectivity index (χ1) is 7.69. The highest BCUT2D eigenvalue weighted by molar-refractivity contribution is 6.28. The highest BCUT2D eigenvalue weighted by Crippen LogP contribution is 2.22. The first-order valence-corrected chi connectivity index (χ1v) is 6.39. The van der Waals surface area contributed by atoms with E-state index in [2.05, 4.69) is 5.32 Å². The molecule has 0 aromatic carbocycles. The van der Waals surface area contributed by atoms with Crippen LogP contribution >= 0.6 is 11.6 Å². The molecule has 1 fully saturated rings. The van der Waals surface area contributed by atoms with E-state index in [0.717, 1.165) is 25.7 Å². The van der Waals surface area contributed by atoms with E-state index in [1.165, 1.54) is 6.42 Å². The first-order valence-electron chi connectivity index (χ1n) is 5.85. The van der Waals surface area contributed by atoms with Crippen molar-refractivity contribution in [1.29, 1.82) is 0 Å². The van der Waals surface area contributed by atoms with E-state index < -0.39 is 5.91 Å². The van der Waals surface area contributed by atoms with E-state index in [0.29, 0.717) is 6.54 Å². The van der Waals surface area contributed by atoms with E-state index in [1.54, 1.807) is 4.90 Å². The Labute approximate surface area is 101 Å². The van der Waals surface area contributed by atoms with Crippen LogP contribution in [0.4, 0.5) is 4.79 Å². The lowest BCUT2D eigenvalue weighted by molar-refractivity contribution is -0.117. The fourth-order valence-corrected chi connectivity index (χ4v) is 2.25. The minimum Gasteiger partial charge on any atom is -0.322 e. The maximum Gasteiger partial charge on any atom is 0.324 e. The summed E-state index contributed by atoms with van der Waals surface area (Å²) >= 11 is 5.35. The standard InChI is InChI=1S/C11H19ClN2O2/c1-2-14(9-6-4-3-5-7-9)11(16)13-10(15)8-12/h9H,2-8H2,1H3,(H,13,15,16). The predicted octanol–water partition coefficient (Wildman–Crippen LogP) is 2.12. The highest BCUT2D eigenvalue weighted by Gasteiger charge is 2.24. The summed E-state index contributed by atoms with van der Waals surface area (Å²) in [7, 11) is 0. The topological polar surface area (TPSA) is 49.4 Å². The number of alkyl halides is 1. The van der Waals surface area contributed by atoms with Crippen molar-refractivity contribution in [1.82, 2.24) is 10.2 Å². The summed E-state index contributed by atoms with van der Waals surface area (Å²) in [5, 5.41) is 2.29. The molecular formula is C11H19ClN2O2. The number of hydrogen-bond donors (Lipinski definition) is 1. The Morgan fingerprint density at radius 2 is 1.94 bits per heavy atom. The monoisotopic (exact) mass is 246 g/mol. The molecule has 1 rings (SSSR count). The van der Waals surface area contributed by atoms with E-state index in [9.17, 15) is 9.59 Å². The lowest BCUT2D eigenvalue weighted by Crippen LogP contribution is -2.48. The second-order valence-corrected chi connectivity index (χ2v) is 4.33. The van der Waals surface area contributed by atoms with Crippen molar-refractivity contribution in [3.8, 4) is 0 Å². The molecule has 1 aliphatic rings. The van der Waals surface area contributed by atoms with E-state index in [4.69, 9.17) is 11.6 Å². The summed E-state index contributed by atoms with van der Waals surface area (Å²) in [6.45, 7) is 2.56. The molecule has 0 saturated heterocycles. The van der Waals surface area contributed by atoms with E-state index in [-0.39, 0.29) is 18.0 Å². The fourth-order valence-electron chi connectivity index (χ4n) is 2.18. The third kappa shape index (κ3) is 3.67. The van der Waals surface area contributed by atoms with Crippen molar-refractivity contribution in [3.05, 3.63) is 0 Å². The molecule has 0 unspecified atom stereocenters. The van der Waals surface area contributed by atoms with Crippen molar-refractivity contribution >= 4 is 23.5 Å². The molecule has 92 valence electrons. The molecule has 1 N–H and O–H groups in total. The maximum atomic E-state index is 11.8. The zero-order valence-corrected chi connectivity index (χ0v) is 10.4. The zero-order chi connectivity index (χ0) is 12.0. The fraction of sp³-hybridized carbons (Fsp3) is 0.818. The van der Waals surface area contributed by atoms with Crippen molar-refractivity contribution in [2.75, 3.05) is 12.4 Å². The zero-order valence-electron chi connectivity index (χ0n) is 9.67. The predicted molar refractivity (Wildman–Crippen MR) is 63.5 cm³/mol. The third-order valence-electron chi connectivity index (χ3n) is 2.98. The molecule has 0 heterocycles. The molecule has 0 radical (unpaired) electrons. The maximum absolute atomic E-state index is 11.8. The largest absolute Gasteiger partial charge is 0.324 e. The Hall–Kier alpha value is -0.770. The van der Waals surface area contributed by atoms with Gasteiger partial charge in [-0.25, -0.2) is 4.79 Å². The number of nitrogens with one attached hydrogen (secondary N) is 1. The van der Waals surface area contributed by atoms with Gasteiger partial charge in [0.15, 0.2) is 0 Å². The van der Waals surface area contributed by atoms with Gasteiger partial charge in [-0.1, -0.05) is 19.3 Å². The number of rotatable bonds is 3. The van der Waals surface area contributed by atoms with Crippen LogP contribution in [0.5, 0.6) is 0 Å². The van der Waals surface area contributed by atoms with Crippen LogP contribution in [-0.4, -0.2) is 35.3 Å². The van der Waals surface area contributed by atoms with E-state index >= 15 is 0 Å². The summed E-state index contributed by atoms with van der Waals surface area (Å²) in [5.41, 5.74) is 0. The normalized spacial score (nSPS) is 16.9. The van der Waals surface area contributed by atoms with Crippen LogP contribution in [0.15, 0.2) is 0 Å². The molecule has 0 aromatic heterocycles. The molecule has 3 amide bonds. The average molecular weight is 247 g/mol. The molecule has 0 aromatic rings. The van der Waals surface area contributed by atoms with Crippen LogP contribution in [0.25, 0.3) is 0 Å². The van der Waals surface area contributed by atoms with Gasteiger partial charge < -0.3 is 4.90 Å². The number of urea groups is 1. The first kappa shape index (κ1) is 13.3. The average Bonchev–Trinajstić information content (AvgIpc) is 2.31. The summed E-state index contributed by atoms with van der Waals surface area (Å²) in [5.74, 6) is -0.602. The minimum absolute atomic E-state index is 0.173. The smallest absolute Gasteiger partial charge is 0.322 e. The van der Waals surface area contributed by atoms with Crippen LogP contribution in [0.2, 0.25) is 0 Å². The lowest BCUT2D eigenvalue weighted by atomic mass is 9.94. The Morgan fingerprint density at radius 3 is 2.44 bits per heavy atom. The van der Waals surface area contributed by atoms with Gasteiger partial charge in [0.2, 0.25) is 5.91 Å². The van der Waals surface area contributed by atoms with Gasteiger partial charge in [0.25, 0.3) is 0 Å². The Balaban J connectivity index is 2.51. The number of hydrogen-bond acceptors (Lipinski definition) is 2. The number of carbonyl (C=O) groups excluding carboxylic acids is 2. The van der Waals surface area contributed by atoms with Gasteiger partial charge >= 0.3 is 6.03 Å². The molecule has 1 saturated carbocycles. The summed E-state index contributed by atoms with van der Waals surface area (Å²) in [6, 6.07) is -0.0260. The highest BCUT2D eigenvalue weighted by atomic mass is 35.5. The third-order valence-corrected chi connectivity index (χ3v) is 3.23. The second kappa shape index (κ2) is 6.74. The SMILES string of the molecule is CCN(C(=O)NC(=O)CCl)C1CCCCC1.